The Hall–Kier alpha value is -2.28. The molecule has 0 saturated carbocycles. The Balaban J connectivity index is 2.39. The Morgan fingerprint density at radius 2 is 2.05 bits per heavy atom. The molecule has 0 fully saturated rings. The first kappa shape index (κ1) is 16.1. The highest BCUT2D eigenvalue weighted by Gasteiger charge is 2.22. The van der Waals surface area contributed by atoms with Crippen LogP contribution < -0.4 is 4.74 Å². The van der Waals surface area contributed by atoms with Crippen molar-refractivity contribution in [1.82, 2.24) is 5.16 Å². The van der Waals surface area contributed by atoms with E-state index in [4.69, 9.17) is 9.26 Å². The number of nitriles is 1. The molecule has 22 heavy (non-hydrogen) atoms. The summed E-state index contributed by atoms with van der Waals surface area (Å²) in [4.78, 5) is 0. The highest BCUT2D eigenvalue weighted by Crippen LogP contribution is 2.31. The van der Waals surface area contributed by atoms with Crippen LogP contribution in [-0.4, -0.2) is 12.3 Å². The lowest BCUT2D eigenvalue weighted by molar-refractivity contribution is 0.391. The molecule has 1 atom stereocenters. The predicted molar refractivity (Wildman–Crippen MR) is 85.1 cm³/mol. The van der Waals surface area contributed by atoms with E-state index in [0.29, 0.717) is 18.1 Å². The van der Waals surface area contributed by atoms with Gasteiger partial charge in [0, 0.05) is 5.56 Å². The molecule has 1 unspecified atom stereocenters. The minimum Gasteiger partial charge on any atom is -0.496 e. The first-order valence-electron chi connectivity index (χ1n) is 7.47. The van der Waals surface area contributed by atoms with E-state index >= 15 is 0 Å². The minimum absolute atomic E-state index is 0.289. The Morgan fingerprint density at radius 1 is 1.32 bits per heavy atom. The van der Waals surface area contributed by atoms with Gasteiger partial charge in [0.2, 0.25) is 0 Å². The first-order valence-corrected chi connectivity index (χ1v) is 7.47. The maximum Gasteiger partial charge on any atom is 0.138 e. The lowest BCUT2D eigenvalue weighted by Gasteiger charge is -2.15. The summed E-state index contributed by atoms with van der Waals surface area (Å²) in [5.41, 5.74) is 3.95. The fraction of sp³-hybridized carbons (Fsp3) is 0.444. The highest BCUT2D eigenvalue weighted by atomic mass is 16.5. The summed E-state index contributed by atoms with van der Waals surface area (Å²) in [6, 6.07) is 8.56. The standard InChI is InChI=1S/C18H22N2O2/c1-11(2)14-6-7-17(21-5)15(8-14)9-16(10-19)18-12(3)20-22-13(18)4/h6-8,11,16H,9H2,1-5H3. The molecule has 4 heteroatoms. The topological polar surface area (TPSA) is 59.0 Å². The average Bonchev–Trinajstić information content (AvgIpc) is 2.83. The molecule has 2 aromatic rings. The Morgan fingerprint density at radius 3 is 2.55 bits per heavy atom. The third-order valence-corrected chi connectivity index (χ3v) is 3.99. The molecule has 2 rings (SSSR count). The molecule has 4 nitrogen and oxygen atoms in total. The van der Waals surface area contributed by atoms with E-state index in [0.717, 1.165) is 22.6 Å². The van der Waals surface area contributed by atoms with E-state index in [2.05, 4.69) is 37.2 Å². The van der Waals surface area contributed by atoms with Crippen LogP contribution in [0.2, 0.25) is 0 Å². The van der Waals surface area contributed by atoms with E-state index in [-0.39, 0.29) is 5.92 Å². The summed E-state index contributed by atoms with van der Waals surface area (Å²) in [5, 5.41) is 13.5. The molecule has 0 N–H and O–H groups in total. The fourth-order valence-electron chi connectivity index (χ4n) is 2.74. The quantitative estimate of drug-likeness (QED) is 0.827. The smallest absolute Gasteiger partial charge is 0.138 e. The zero-order chi connectivity index (χ0) is 16.3. The van der Waals surface area contributed by atoms with Gasteiger partial charge in [-0.2, -0.15) is 5.26 Å². The third-order valence-electron chi connectivity index (χ3n) is 3.99. The number of hydrogen-bond donors (Lipinski definition) is 0. The fourth-order valence-corrected chi connectivity index (χ4v) is 2.74. The molecule has 0 aliphatic heterocycles. The SMILES string of the molecule is COc1ccc(C(C)C)cc1CC(C#N)c1c(C)noc1C. The van der Waals surface area contributed by atoms with E-state index in [1.807, 2.05) is 19.9 Å². The van der Waals surface area contributed by atoms with Crippen molar-refractivity contribution in [1.29, 1.82) is 5.26 Å². The number of aromatic nitrogens is 1. The van der Waals surface area contributed by atoms with Crippen LogP contribution in [0.5, 0.6) is 5.75 Å². The van der Waals surface area contributed by atoms with Gasteiger partial charge in [0.05, 0.1) is 24.8 Å². The largest absolute Gasteiger partial charge is 0.496 e. The molecule has 0 spiro atoms. The van der Waals surface area contributed by atoms with Crippen molar-refractivity contribution in [3.63, 3.8) is 0 Å². The van der Waals surface area contributed by atoms with Crippen molar-refractivity contribution in [3.05, 3.63) is 46.3 Å². The number of methoxy groups -OCH3 is 1. The number of nitrogens with zero attached hydrogens (tertiary/aromatic N) is 2. The second-order valence-electron chi connectivity index (χ2n) is 5.85. The van der Waals surface area contributed by atoms with Gasteiger partial charge in [-0.1, -0.05) is 31.1 Å². The lowest BCUT2D eigenvalue weighted by atomic mass is 9.90. The van der Waals surface area contributed by atoms with E-state index in [9.17, 15) is 5.26 Å². The summed E-state index contributed by atoms with van der Waals surface area (Å²) in [7, 11) is 1.66. The summed E-state index contributed by atoms with van der Waals surface area (Å²) >= 11 is 0. The second-order valence-corrected chi connectivity index (χ2v) is 5.85. The number of benzene rings is 1. The van der Waals surface area contributed by atoms with Crippen molar-refractivity contribution in [2.45, 2.75) is 46.0 Å². The molecule has 1 heterocycles. The molecule has 0 saturated heterocycles. The van der Waals surface area contributed by atoms with Crippen LogP contribution in [0.4, 0.5) is 0 Å². The number of aryl methyl sites for hydroxylation is 2. The Labute approximate surface area is 131 Å². The van der Waals surface area contributed by atoms with Crippen LogP contribution in [0.25, 0.3) is 0 Å². The number of rotatable bonds is 5. The van der Waals surface area contributed by atoms with Crippen LogP contribution in [0.15, 0.2) is 22.7 Å². The zero-order valence-electron chi connectivity index (χ0n) is 13.8. The zero-order valence-corrected chi connectivity index (χ0v) is 13.8. The summed E-state index contributed by atoms with van der Waals surface area (Å²) in [5.74, 6) is 1.67. The van der Waals surface area contributed by atoms with Crippen LogP contribution >= 0.6 is 0 Å². The molecule has 0 radical (unpaired) electrons. The van der Waals surface area contributed by atoms with Crippen LogP contribution in [0.1, 0.15) is 53.8 Å². The molecule has 0 aliphatic carbocycles. The maximum atomic E-state index is 9.59. The van der Waals surface area contributed by atoms with Gasteiger partial charge in [-0.15, -0.1) is 0 Å². The first-order chi connectivity index (χ1) is 10.5. The highest BCUT2D eigenvalue weighted by molar-refractivity contribution is 5.42. The molecular weight excluding hydrogens is 276 g/mol. The van der Waals surface area contributed by atoms with Crippen LogP contribution in [0.3, 0.4) is 0 Å². The minimum atomic E-state index is -0.289. The van der Waals surface area contributed by atoms with Gasteiger partial charge in [0.15, 0.2) is 0 Å². The van der Waals surface area contributed by atoms with Crippen molar-refractivity contribution in [2.75, 3.05) is 7.11 Å². The van der Waals surface area contributed by atoms with Gasteiger partial charge in [0.1, 0.15) is 11.5 Å². The average molecular weight is 298 g/mol. The Kier molecular flexibility index (Phi) is 4.87. The molecule has 0 amide bonds. The summed E-state index contributed by atoms with van der Waals surface area (Å²) in [6.07, 6.45) is 0.586. The van der Waals surface area contributed by atoms with Gasteiger partial charge >= 0.3 is 0 Å². The third kappa shape index (κ3) is 3.14. The molecule has 1 aromatic heterocycles. The van der Waals surface area contributed by atoms with E-state index < -0.39 is 0 Å². The molecule has 116 valence electrons. The molecule has 0 bridgehead atoms. The lowest BCUT2D eigenvalue weighted by Crippen LogP contribution is -2.05. The monoisotopic (exact) mass is 298 g/mol. The Bertz CT molecular complexity index is 676. The van der Waals surface area contributed by atoms with Crippen molar-refractivity contribution >= 4 is 0 Å². The molecule has 1 aromatic carbocycles. The van der Waals surface area contributed by atoms with E-state index in [1.54, 1.807) is 7.11 Å². The van der Waals surface area contributed by atoms with Crippen LogP contribution in [0, 0.1) is 25.2 Å². The van der Waals surface area contributed by atoms with Crippen LogP contribution in [-0.2, 0) is 6.42 Å². The second kappa shape index (κ2) is 6.65. The van der Waals surface area contributed by atoms with Crippen molar-refractivity contribution in [2.24, 2.45) is 0 Å². The normalized spacial score (nSPS) is 12.2. The van der Waals surface area contributed by atoms with Crippen molar-refractivity contribution in [3.8, 4) is 11.8 Å². The van der Waals surface area contributed by atoms with Gasteiger partial charge < -0.3 is 9.26 Å². The predicted octanol–water partition coefficient (Wildman–Crippen LogP) is 4.27. The molecular formula is C18H22N2O2. The number of hydrogen-bond acceptors (Lipinski definition) is 4. The summed E-state index contributed by atoms with van der Waals surface area (Å²) < 4.78 is 10.7. The number of ether oxygens (including phenoxy) is 1. The maximum absolute atomic E-state index is 9.59. The van der Waals surface area contributed by atoms with Gasteiger partial charge in [-0.3, -0.25) is 0 Å². The van der Waals surface area contributed by atoms with Gasteiger partial charge in [-0.05, 0) is 43.4 Å². The van der Waals surface area contributed by atoms with E-state index in [1.165, 1.54) is 5.56 Å². The van der Waals surface area contributed by atoms with Gasteiger partial charge in [0.25, 0.3) is 0 Å². The summed E-state index contributed by atoms with van der Waals surface area (Å²) in [6.45, 7) is 8.03. The van der Waals surface area contributed by atoms with Crippen molar-refractivity contribution < 1.29 is 9.26 Å². The van der Waals surface area contributed by atoms with Gasteiger partial charge in [-0.25, -0.2) is 0 Å². The molecule has 0 aliphatic rings.